The highest BCUT2D eigenvalue weighted by Gasteiger charge is 2.24. The summed E-state index contributed by atoms with van der Waals surface area (Å²) in [5.74, 6) is -3.62. The van der Waals surface area contributed by atoms with Gasteiger partial charge in [-0.25, -0.2) is 45.6 Å². The first-order valence-corrected chi connectivity index (χ1v) is 25.3. The van der Waals surface area contributed by atoms with Crippen LogP contribution in [0.15, 0.2) is 129 Å². The first-order chi connectivity index (χ1) is 35.0. The zero-order chi connectivity index (χ0) is 53.8. The molecule has 4 aromatic carbocycles. The number of methoxy groups -OCH3 is 2. The molecular formula is C48H42Cl2F2N10O10S2. The first-order valence-electron chi connectivity index (χ1n) is 21.6. The number of carbonyl (C=O) groups excluding carboxylic acids is 2. The quantitative estimate of drug-likeness (QED) is 0.0819. The summed E-state index contributed by atoms with van der Waals surface area (Å²) in [6.45, 7) is 3.37. The lowest BCUT2D eigenvalue weighted by Gasteiger charge is -2.14. The second kappa shape index (κ2) is 22.0. The maximum atomic E-state index is 13.4. The van der Waals surface area contributed by atoms with Crippen molar-refractivity contribution in [2.75, 3.05) is 23.7 Å². The zero-order valence-electron chi connectivity index (χ0n) is 39.2. The molecule has 6 N–H and O–H groups in total. The average Bonchev–Trinajstić information content (AvgIpc) is 3.35. The molecule has 2 atom stereocenters. The molecule has 8 aromatic rings. The van der Waals surface area contributed by atoms with Crippen LogP contribution in [0.3, 0.4) is 0 Å². The third-order valence-electron chi connectivity index (χ3n) is 11.2. The van der Waals surface area contributed by atoms with Gasteiger partial charge in [-0.15, -0.1) is 0 Å². The number of hydrogen-bond acceptors (Lipinski definition) is 14. The third kappa shape index (κ3) is 11.9. The van der Waals surface area contributed by atoms with Gasteiger partial charge < -0.3 is 20.9 Å². The van der Waals surface area contributed by atoms with Crippen LogP contribution in [0.2, 0.25) is 10.0 Å². The van der Waals surface area contributed by atoms with Crippen molar-refractivity contribution in [3.63, 3.8) is 0 Å². The van der Waals surface area contributed by atoms with E-state index in [-0.39, 0.29) is 78.0 Å². The Hall–Kier alpha value is -8.06. The lowest BCUT2D eigenvalue weighted by atomic mass is 10.0. The number of pyridine rings is 2. The third-order valence-corrected chi connectivity index (χ3v) is 14.9. The highest BCUT2D eigenvalue weighted by Crippen LogP contribution is 2.34. The Kier molecular flexibility index (Phi) is 15.9. The van der Waals surface area contributed by atoms with Crippen molar-refractivity contribution in [3.8, 4) is 34.0 Å². The van der Waals surface area contributed by atoms with Crippen molar-refractivity contribution < 1.29 is 44.7 Å². The predicted molar refractivity (Wildman–Crippen MR) is 273 cm³/mol. The summed E-state index contributed by atoms with van der Waals surface area (Å²) < 4.78 is 96.4. The first kappa shape index (κ1) is 53.7. The van der Waals surface area contributed by atoms with E-state index in [2.05, 4.69) is 29.4 Å². The van der Waals surface area contributed by atoms with Crippen LogP contribution in [0.1, 0.15) is 13.8 Å². The molecule has 8 rings (SSSR count). The van der Waals surface area contributed by atoms with E-state index in [0.29, 0.717) is 33.3 Å². The summed E-state index contributed by atoms with van der Waals surface area (Å²) >= 11 is 11.9. The molecular weight excluding hydrogens is 1050 g/mol. The van der Waals surface area contributed by atoms with Crippen molar-refractivity contribution >= 4 is 88.2 Å². The van der Waals surface area contributed by atoms with E-state index >= 15 is 0 Å². The van der Waals surface area contributed by atoms with E-state index in [4.69, 9.17) is 44.1 Å². The number of ether oxygens (including phenoxy) is 2. The topological polar surface area (TPSA) is 293 Å². The highest BCUT2D eigenvalue weighted by molar-refractivity contribution is 7.93. The fourth-order valence-corrected chi connectivity index (χ4v) is 10.3. The summed E-state index contributed by atoms with van der Waals surface area (Å²) in [6, 6.07) is 18.6. The SMILES string of the molecule is COc1ncc(-c2ccc3ncn(C[C@@H](C)C(N)=O)c(=O)c3c2)cc1NS(=O)(=O)c1ccc(F)cc1Cl.COc1ncc(-c2ccc3ncn(C[C@H](C)C(N)=O)c(=O)c3c2)cc1NS(=O)(=O)c1ccc(F)cc1Cl. The number of sulfonamides is 2. The Bertz CT molecular complexity index is 3640. The van der Waals surface area contributed by atoms with Gasteiger partial charge in [-0.3, -0.25) is 37.8 Å². The van der Waals surface area contributed by atoms with Gasteiger partial charge in [0.25, 0.3) is 31.2 Å². The Morgan fingerprint density at radius 1 is 0.595 bits per heavy atom. The number of anilines is 2. The number of rotatable bonds is 16. The molecule has 0 bridgehead atoms. The van der Waals surface area contributed by atoms with Crippen LogP contribution in [0.5, 0.6) is 11.8 Å². The van der Waals surface area contributed by atoms with E-state index in [1.807, 2.05) is 0 Å². The molecule has 0 saturated heterocycles. The van der Waals surface area contributed by atoms with Crippen LogP contribution >= 0.6 is 23.2 Å². The maximum absolute atomic E-state index is 13.4. The van der Waals surface area contributed by atoms with Crippen LogP contribution in [0.4, 0.5) is 20.2 Å². The summed E-state index contributed by atoms with van der Waals surface area (Å²) in [4.78, 5) is 65.2. The van der Waals surface area contributed by atoms with Gasteiger partial charge >= 0.3 is 0 Å². The molecule has 20 nitrogen and oxygen atoms in total. The number of fused-ring (bicyclic) bond motifs is 2. The van der Waals surface area contributed by atoms with E-state index in [9.17, 15) is 44.8 Å². The Morgan fingerprint density at radius 2 is 0.973 bits per heavy atom. The molecule has 0 unspecified atom stereocenters. The number of nitrogens with two attached hydrogens (primary N) is 2. The molecule has 26 heteroatoms. The second-order valence-electron chi connectivity index (χ2n) is 16.4. The van der Waals surface area contributed by atoms with Crippen molar-refractivity contribution in [2.24, 2.45) is 23.3 Å². The van der Waals surface area contributed by atoms with Crippen molar-refractivity contribution in [1.82, 2.24) is 29.1 Å². The largest absolute Gasteiger partial charge is 0.480 e. The summed E-state index contributed by atoms with van der Waals surface area (Å²) in [5, 5.41) is -0.0143. The standard InChI is InChI=1S/2C24H21ClFN5O5S/c2*1-13(22(27)32)11-31-12-29-19-5-3-14(7-17(19)24(31)33)15-8-20(23(36-2)28-10-15)30-37(34,35)21-6-4-16(26)9-18(21)25/h2*3-10,12-13,30H,11H2,1-2H3,(H2,27,32)/t2*13-/m10/s1. The molecule has 0 aliphatic carbocycles. The number of carbonyl (C=O) groups is 2. The van der Waals surface area contributed by atoms with Crippen molar-refractivity contribution in [2.45, 2.75) is 36.7 Å². The minimum atomic E-state index is -4.23. The molecule has 4 aromatic heterocycles. The number of amides is 2. The van der Waals surface area contributed by atoms with E-state index < -0.39 is 55.3 Å². The molecule has 384 valence electrons. The Labute approximate surface area is 430 Å². The highest BCUT2D eigenvalue weighted by atomic mass is 35.5. The molecule has 74 heavy (non-hydrogen) atoms. The normalized spacial score (nSPS) is 12.3. The van der Waals surface area contributed by atoms with Gasteiger partial charge in [0, 0.05) is 36.6 Å². The van der Waals surface area contributed by atoms with Gasteiger partial charge in [-0.1, -0.05) is 49.2 Å². The summed E-state index contributed by atoms with van der Waals surface area (Å²) in [6.07, 6.45) is 5.61. The minimum Gasteiger partial charge on any atom is -0.480 e. The van der Waals surface area contributed by atoms with Gasteiger partial charge in [0.15, 0.2) is 0 Å². The smallest absolute Gasteiger partial charge is 0.263 e. The number of hydrogen-bond donors (Lipinski definition) is 4. The van der Waals surface area contributed by atoms with Crippen LogP contribution < -0.4 is 41.5 Å². The molecule has 4 heterocycles. The molecule has 2 amide bonds. The van der Waals surface area contributed by atoms with Crippen LogP contribution in [-0.2, 0) is 42.7 Å². The molecule has 0 radical (unpaired) electrons. The molecule has 0 spiro atoms. The van der Waals surface area contributed by atoms with Crippen molar-refractivity contribution in [3.05, 3.63) is 152 Å². The number of halogens is 4. The maximum Gasteiger partial charge on any atom is 0.263 e. The van der Waals surface area contributed by atoms with Gasteiger partial charge in [-0.05, 0) is 83.9 Å². The molecule has 0 fully saturated rings. The van der Waals surface area contributed by atoms with Gasteiger partial charge in [0.1, 0.15) is 32.8 Å². The van der Waals surface area contributed by atoms with Crippen LogP contribution in [0.25, 0.3) is 44.1 Å². The minimum absolute atomic E-state index is 0.000584. The van der Waals surface area contributed by atoms with Gasteiger partial charge in [0.05, 0.1) is 70.6 Å². The van der Waals surface area contributed by atoms with E-state index in [1.54, 1.807) is 50.2 Å². The number of benzene rings is 4. The monoisotopic (exact) mass is 1090 g/mol. The van der Waals surface area contributed by atoms with Crippen LogP contribution in [0, 0.1) is 23.5 Å². The van der Waals surface area contributed by atoms with E-state index in [1.165, 1.54) is 60.5 Å². The number of nitrogens with zero attached hydrogens (tertiary/aromatic N) is 6. The fourth-order valence-electron chi connectivity index (χ4n) is 7.18. The average molecular weight is 1090 g/mol. The lowest BCUT2D eigenvalue weighted by molar-refractivity contribution is -0.122. The fraction of sp³-hybridized carbons (Fsp3) is 0.167. The summed E-state index contributed by atoms with van der Waals surface area (Å²) in [5.41, 5.74) is 12.8. The van der Waals surface area contributed by atoms with Gasteiger partial charge in [-0.2, -0.15) is 0 Å². The molecule has 0 saturated carbocycles. The number of primary amides is 2. The second-order valence-corrected chi connectivity index (χ2v) is 20.5. The van der Waals surface area contributed by atoms with Crippen molar-refractivity contribution in [1.29, 1.82) is 0 Å². The predicted octanol–water partition coefficient (Wildman–Crippen LogP) is 6.36. The van der Waals surface area contributed by atoms with Gasteiger partial charge in [0.2, 0.25) is 23.6 Å². The zero-order valence-corrected chi connectivity index (χ0v) is 42.4. The molecule has 0 aliphatic heterocycles. The van der Waals surface area contributed by atoms with E-state index in [0.717, 1.165) is 36.4 Å². The number of nitrogens with one attached hydrogen (secondary N) is 2. The summed E-state index contributed by atoms with van der Waals surface area (Å²) in [7, 11) is -5.81. The van der Waals surface area contributed by atoms with Crippen LogP contribution in [-0.4, -0.2) is 71.9 Å². The molecule has 0 aliphatic rings. The Morgan fingerprint density at radius 3 is 1.31 bits per heavy atom. The number of aromatic nitrogens is 6. The lowest BCUT2D eigenvalue weighted by Crippen LogP contribution is -2.30. The Balaban J connectivity index is 0.000000216.